The van der Waals surface area contributed by atoms with Crippen molar-refractivity contribution in [2.45, 2.75) is 184 Å². The van der Waals surface area contributed by atoms with Gasteiger partial charge in [0, 0.05) is 29.5 Å². The highest BCUT2D eigenvalue weighted by atomic mass is 16.8. The quantitative estimate of drug-likeness (QED) is 0.0494. The number of azide groups is 6. The largest absolute Gasteiger partial charge is 0.387 e. The molecule has 22 saturated heterocycles. The summed E-state index contributed by atoms with van der Waals surface area (Å²) in [7, 11) is 0. The Labute approximate surface area is 434 Å². The molecule has 22 fully saturated rings. The summed E-state index contributed by atoms with van der Waals surface area (Å²) >= 11 is 0. The summed E-state index contributed by atoms with van der Waals surface area (Å²) in [5.41, 5.74) is 55.4. The first-order valence-electron chi connectivity index (χ1n) is 23.5. The molecule has 0 aromatic rings. The summed E-state index contributed by atoms with van der Waals surface area (Å²) in [6.07, 6.45) is -60.8. The molecule has 78 heavy (non-hydrogen) atoms. The predicted molar refractivity (Wildman–Crippen MR) is 237 cm³/mol. The van der Waals surface area contributed by atoms with Gasteiger partial charge in [-0.25, -0.2) is 0 Å². The van der Waals surface area contributed by atoms with E-state index in [1.165, 1.54) is 0 Å². The van der Waals surface area contributed by atoms with Gasteiger partial charge in [0.05, 0.1) is 75.9 Å². The maximum absolute atomic E-state index is 11.6. The van der Waals surface area contributed by atoms with Crippen molar-refractivity contribution in [3.05, 3.63) is 62.7 Å². The average molecular weight is 1120 g/mol. The van der Waals surface area contributed by atoms with Gasteiger partial charge in [-0.05, 0) is 33.2 Å². The van der Waals surface area contributed by atoms with Gasteiger partial charge < -0.3 is 118 Å². The first kappa shape index (κ1) is 60.5. The number of rotatable bonds is 12. The molecule has 42 nitrogen and oxygen atoms in total. The monoisotopic (exact) mass is 1120 g/mol. The minimum absolute atomic E-state index is 0.751. The highest BCUT2D eigenvalue weighted by Gasteiger charge is 2.58. The van der Waals surface area contributed by atoms with Crippen molar-refractivity contribution in [2.24, 2.45) is 30.7 Å². The summed E-state index contributed by atoms with van der Waals surface area (Å²) < 4.78 is 70.3. The Bertz CT molecular complexity index is 1930. The predicted octanol–water partition coefficient (Wildman–Crippen LogP) is -5.15. The Morgan fingerprint density at radius 1 is 0.218 bits per heavy atom. The van der Waals surface area contributed by atoms with E-state index in [0.29, 0.717) is 0 Å². The first-order chi connectivity index (χ1) is 37.4. The summed E-state index contributed by atoms with van der Waals surface area (Å²) in [5.74, 6) is 0. The smallest absolute Gasteiger partial charge is 0.187 e. The topological polar surface area (TPSA) is 646 Å². The molecule has 0 aromatic heterocycles. The van der Waals surface area contributed by atoms with Crippen molar-refractivity contribution in [3.8, 4) is 0 Å². The molecule has 0 aliphatic carbocycles. The number of aliphatic hydroxyl groups excluding tert-OH is 12. The van der Waals surface area contributed by atoms with E-state index < -0.39 is 224 Å². The van der Waals surface area contributed by atoms with Gasteiger partial charge in [-0.1, -0.05) is 30.7 Å². The SMILES string of the molecule is [N-]=[N+]=NC[C@H]1O[C@@H]2O[C@H]3[C@H](O)[C@@H](O)[C@@H](O[C@H]4[C@H](O)[C@@H](O)[C@@H](O[C@H]5[C@H](O)[C@@H](O)[C@@H](O[C@H]6[C@H](O)[C@@H](O)[C@@H](O[C@H]7[C@H](O)[C@@H](O)[C@@H](O[C@H]1[C@H](O)[C@H]2O)O[C@@H]7CN=[N+]=[N-])O[C@@H]6CN=[N+]=[N-])O[C@@H]5CN=[N+]=[N-])O[C@@H]4CN=[N+]=[N-])O[C@@H]3CN=[N+]=[N-]. The molecule has 0 spiro atoms. The third kappa shape index (κ3) is 13.1. The van der Waals surface area contributed by atoms with E-state index in [1.54, 1.807) is 0 Å². The fourth-order valence-electron chi connectivity index (χ4n) is 9.63. The van der Waals surface area contributed by atoms with E-state index in [9.17, 15) is 94.5 Å². The molecule has 0 aromatic carbocycles. The van der Waals surface area contributed by atoms with Crippen LogP contribution in [0.5, 0.6) is 0 Å². The molecule has 22 rings (SSSR count). The summed E-state index contributed by atoms with van der Waals surface area (Å²) in [4.78, 5) is 15.9. The van der Waals surface area contributed by atoms with Crippen molar-refractivity contribution in [1.82, 2.24) is 0 Å². The van der Waals surface area contributed by atoms with Crippen LogP contribution < -0.4 is 0 Å². The molecular formula is C36H54N18O24. The zero-order chi connectivity index (χ0) is 56.5. The molecule has 30 atom stereocenters. The van der Waals surface area contributed by atoms with Gasteiger partial charge in [-0.2, -0.15) is 0 Å². The van der Waals surface area contributed by atoms with Crippen LogP contribution in [0.25, 0.3) is 62.7 Å². The molecule has 22 aliphatic heterocycles. The molecule has 22 aliphatic rings. The summed E-state index contributed by atoms with van der Waals surface area (Å²) in [6.45, 7) is -4.50. The average Bonchev–Trinajstić information content (AvgIpc) is 3.47. The number of nitrogens with zero attached hydrogens (tertiary/aromatic N) is 18. The van der Waals surface area contributed by atoms with Crippen LogP contribution in [0.4, 0.5) is 0 Å². The highest BCUT2D eigenvalue weighted by molar-refractivity contribution is 5.02. The van der Waals surface area contributed by atoms with Gasteiger partial charge in [0.15, 0.2) is 37.7 Å². The Balaban J connectivity index is 1.28. The molecule has 0 saturated carbocycles. The summed E-state index contributed by atoms with van der Waals surface area (Å²) in [5, 5.41) is 159. The molecule has 12 bridgehead atoms. The van der Waals surface area contributed by atoms with Gasteiger partial charge in [-0.3, -0.25) is 0 Å². The zero-order valence-corrected chi connectivity index (χ0v) is 39.9. The lowest BCUT2D eigenvalue weighted by atomic mass is 9.94. The normalized spacial score (nSPS) is 47.7. The van der Waals surface area contributed by atoms with Gasteiger partial charge in [0.1, 0.15) is 110 Å². The second-order valence-electron chi connectivity index (χ2n) is 18.2. The van der Waals surface area contributed by atoms with Gasteiger partial charge in [0.2, 0.25) is 0 Å². The first-order valence-corrected chi connectivity index (χ1v) is 23.5. The number of hydrogen-bond acceptors (Lipinski definition) is 30. The van der Waals surface area contributed by atoms with Crippen LogP contribution in [0, 0.1) is 0 Å². The van der Waals surface area contributed by atoms with Crippen LogP contribution in [-0.4, -0.2) is 285 Å². The van der Waals surface area contributed by atoms with Crippen molar-refractivity contribution < 1.29 is 118 Å². The van der Waals surface area contributed by atoms with Gasteiger partial charge in [0.25, 0.3) is 0 Å². The van der Waals surface area contributed by atoms with Crippen LogP contribution in [-0.2, 0) is 56.8 Å². The van der Waals surface area contributed by atoms with Gasteiger partial charge >= 0.3 is 0 Å². The Morgan fingerprint density at radius 3 is 0.462 bits per heavy atom. The lowest BCUT2D eigenvalue weighted by Crippen LogP contribution is -2.69. The second kappa shape index (κ2) is 27.4. The highest BCUT2D eigenvalue weighted by Crippen LogP contribution is 2.38. The Hall–Kier alpha value is -5.10. The van der Waals surface area contributed by atoms with Crippen LogP contribution in [0.3, 0.4) is 0 Å². The van der Waals surface area contributed by atoms with E-state index in [1.807, 2.05) is 0 Å². The van der Waals surface area contributed by atoms with Crippen molar-refractivity contribution in [1.29, 1.82) is 0 Å². The van der Waals surface area contributed by atoms with E-state index in [0.717, 1.165) is 0 Å². The van der Waals surface area contributed by atoms with E-state index in [-0.39, 0.29) is 0 Å². The third-order valence-electron chi connectivity index (χ3n) is 13.5. The number of hydrogen-bond donors (Lipinski definition) is 12. The van der Waals surface area contributed by atoms with E-state index in [2.05, 4.69) is 60.2 Å². The second-order valence-corrected chi connectivity index (χ2v) is 18.2. The van der Waals surface area contributed by atoms with Crippen molar-refractivity contribution >= 4 is 0 Å². The maximum atomic E-state index is 11.6. The standard InChI is InChI=1S/C36H54N18O24/c37-49-43-1-7-25-13(55)19(61)31(67-7)74-26-8(2-44-50-38)69-33(21(63)15(26)57)76-28-10(4-46-52-40)71-35(23(65)17(28)59)78-30-12(6-48-54-42)72-36(24(66)18(30)60)77-29-11(5-47-53-41)70-34(22(64)16(29)58)75-27-9(3-45-51-39)68-32(73-25)20(62)14(27)56/h7-36,55-66H,1-6H2/t7-,8-,9-,10-,11-,12-,13-,14-,15-,16-,17-,18-,19-,20-,21-,22-,23-,24-,25-,26-,27-,28-,29-,30-,31-,32-,33-,34-,35-,36-/m1/s1. The lowest BCUT2D eigenvalue weighted by Gasteiger charge is -2.51. The number of ether oxygens (including phenoxy) is 12. The maximum Gasteiger partial charge on any atom is 0.187 e. The summed E-state index contributed by atoms with van der Waals surface area (Å²) in [6, 6.07) is 0. The minimum atomic E-state index is -2.24. The molecule has 12 N–H and O–H groups in total. The Kier molecular flexibility index (Phi) is 21.2. The minimum Gasteiger partial charge on any atom is -0.387 e. The van der Waals surface area contributed by atoms with Crippen LogP contribution >= 0.6 is 0 Å². The van der Waals surface area contributed by atoms with Crippen LogP contribution in [0.2, 0.25) is 0 Å². The fraction of sp³-hybridized carbons (Fsp3) is 1.00. The number of aliphatic hydroxyl groups is 12. The molecule has 0 radical (unpaired) electrons. The molecule has 432 valence electrons. The lowest BCUT2D eigenvalue weighted by molar-refractivity contribution is -0.398. The zero-order valence-electron chi connectivity index (χ0n) is 39.9. The van der Waals surface area contributed by atoms with E-state index >= 15 is 0 Å². The molecule has 22 heterocycles. The van der Waals surface area contributed by atoms with Crippen molar-refractivity contribution in [2.75, 3.05) is 39.3 Å². The molecule has 0 unspecified atom stereocenters. The van der Waals surface area contributed by atoms with Crippen LogP contribution in [0.15, 0.2) is 30.7 Å². The fourth-order valence-corrected chi connectivity index (χ4v) is 9.63. The van der Waals surface area contributed by atoms with Gasteiger partial charge in [-0.15, -0.1) is 0 Å². The Morgan fingerprint density at radius 2 is 0.346 bits per heavy atom. The molecule has 0 amide bonds. The van der Waals surface area contributed by atoms with E-state index in [4.69, 9.17) is 56.8 Å². The third-order valence-corrected chi connectivity index (χ3v) is 13.5. The van der Waals surface area contributed by atoms with Crippen molar-refractivity contribution in [3.63, 3.8) is 0 Å². The van der Waals surface area contributed by atoms with Crippen LogP contribution in [0.1, 0.15) is 0 Å². The molecule has 42 heteroatoms. The molecular weight excluding hydrogens is 1070 g/mol.